The molecule has 96 valence electrons. The van der Waals surface area contributed by atoms with Crippen molar-refractivity contribution in [1.82, 2.24) is 4.98 Å². The fourth-order valence-electron chi connectivity index (χ4n) is 2.16. The fourth-order valence-corrected chi connectivity index (χ4v) is 3.60. The normalized spacial score (nSPS) is 11.8. The van der Waals surface area contributed by atoms with Gasteiger partial charge in [0.15, 0.2) is 0 Å². The average Bonchev–Trinajstić information content (AvgIpc) is 2.83. The molecule has 0 fully saturated rings. The van der Waals surface area contributed by atoms with Gasteiger partial charge in [-0.05, 0) is 31.2 Å². The lowest BCUT2D eigenvalue weighted by atomic mass is 10.2. The zero-order valence-corrected chi connectivity index (χ0v) is 11.2. The molecule has 1 aromatic heterocycles. The van der Waals surface area contributed by atoms with Gasteiger partial charge in [0.2, 0.25) is 9.84 Å². The lowest BCUT2D eigenvalue weighted by Crippen LogP contribution is -2.00. The van der Waals surface area contributed by atoms with Crippen molar-refractivity contribution in [3.63, 3.8) is 0 Å². The van der Waals surface area contributed by atoms with Gasteiger partial charge >= 0.3 is 0 Å². The first kappa shape index (κ1) is 12.0. The standard InChI is InChI=1S/C15H13NO2S/c1-11-7-8-14-13(9-11)15(10-16-14)19(17,18)12-5-3-2-4-6-12/h2-10,16H,1H3. The Kier molecular flexibility index (Phi) is 2.68. The van der Waals surface area contributed by atoms with E-state index in [-0.39, 0.29) is 0 Å². The summed E-state index contributed by atoms with van der Waals surface area (Å²) in [5, 5.41) is 0.740. The molecule has 0 saturated heterocycles. The third-order valence-corrected chi connectivity index (χ3v) is 4.95. The van der Waals surface area contributed by atoms with Crippen LogP contribution in [0.4, 0.5) is 0 Å². The Morgan fingerprint density at radius 1 is 1.00 bits per heavy atom. The Morgan fingerprint density at radius 2 is 1.74 bits per heavy atom. The summed E-state index contributed by atoms with van der Waals surface area (Å²) >= 11 is 0. The van der Waals surface area contributed by atoms with Gasteiger partial charge in [-0.3, -0.25) is 0 Å². The van der Waals surface area contributed by atoms with Crippen molar-refractivity contribution in [3.05, 3.63) is 60.3 Å². The highest BCUT2D eigenvalue weighted by atomic mass is 32.2. The lowest BCUT2D eigenvalue weighted by Gasteiger charge is -2.03. The number of sulfone groups is 1. The van der Waals surface area contributed by atoms with Crippen molar-refractivity contribution >= 4 is 20.7 Å². The Morgan fingerprint density at radius 3 is 2.47 bits per heavy atom. The van der Waals surface area contributed by atoms with Crippen molar-refractivity contribution < 1.29 is 8.42 Å². The smallest absolute Gasteiger partial charge is 0.208 e. The van der Waals surface area contributed by atoms with E-state index in [1.54, 1.807) is 36.5 Å². The number of aryl methyl sites for hydroxylation is 1. The van der Waals surface area contributed by atoms with Gasteiger partial charge in [0.05, 0.1) is 9.79 Å². The van der Waals surface area contributed by atoms with E-state index in [2.05, 4.69) is 4.98 Å². The summed E-state index contributed by atoms with van der Waals surface area (Å²) in [6.45, 7) is 1.95. The minimum atomic E-state index is -3.47. The molecule has 3 rings (SSSR count). The average molecular weight is 271 g/mol. The molecule has 0 amide bonds. The molecular weight excluding hydrogens is 258 g/mol. The Hall–Kier alpha value is -2.07. The van der Waals surface area contributed by atoms with Crippen LogP contribution >= 0.6 is 0 Å². The highest BCUT2D eigenvalue weighted by Crippen LogP contribution is 2.28. The van der Waals surface area contributed by atoms with E-state index in [1.807, 2.05) is 25.1 Å². The van der Waals surface area contributed by atoms with Crippen LogP contribution in [0.2, 0.25) is 0 Å². The van der Waals surface area contributed by atoms with E-state index in [9.17, 15) is 8.42 Å². The molecule has 0 saturated carbocycles. The minimum absolute atomic E-state index is 0.317. The summed E-state index contributed by atoms with van der Waals surface area (Å²) < 4.78 is 25.2. The largest absolute Gasteiger partial charge is 0.360 e. The predicted molar refractivity (Wildman–Crippen MR) is 74.9 cm³/mol. The van der Waals surface area contributed by atoms with Crippen molar-refractivity contribution in [3.8, 4) is 0 Å². The molecule has 0 unspecified atom stereocenters. The molecule has 0 aliphatic carbocycles. The number of benzene rings is 2. The van der Waals surface area contributed by atoms with Gasteiger partial charge in [-0.15, -0.1) is 0 Å². The van der Waals surface area contributed by atoms with E-state index < -0.39 is 9.84 Å². The molecule has 1 N–H and O–H groups in total. The zero-order valence-electron chi connectivity index (χ0n) is 10.4. The maximum atomic E-state index is 12.6. The van der Waals surface area contributed by atoms with E-state index in [0.717, 1.165) is 16.5 Å². The third kappa shape index (κ3) is 1.94. The summed E-state index contributed by atoms with van der Waals surface area (Å²) in [4.78, 5) is 3.66. The number of nitrogens with one attached hydrogen (secondary N) is 1. The third-order valence-electron chi connectivity index (χ3n) is 3.14. The second kappa shape index (κ2) is 4.24. The van der Waals surface area contributed by atoms with E-state index >= 15 is 0 Å². The first-order valence-electron chi connectivity index (χ1n) is 5.97. The fraction of sp³-hybridized carbons (Fsp3) is 0.0667. The van der Waals surface area contributed by atoms with Gasteiger partial charge in [-0.1, -0.05) is 29.8 Å². The first-order valence-corrected chi connectivity index (χ1v) is 7.45. The van der Waals surface area contributed by atoms with Crippen LogP contribution in [0.1, 0.15) is 5.56 Å². The maximum Gasteiger partial charge on any atom is 0.208 e. The highest BCUT2D eigenvalue weighted by Gasteiger charge is 2.21. The van der Waals surface area contributed by atoms with E-state index in [0.29, 0.717) is 9.79 Å². The molecule has 0 atom stereocenters. The Labute approximate surface area is 111 Å². The second-order valence-electron chi connectivity index (χ2n) is 4.52. The number of aromatic amines is 1. The Balaban J connectivity index is 2.28. The monoisotopic (exact) mass is 271 g/mol. The van der Waals surface area contributed by atoms with Crippen LogP contribution in [-0.4, -0.2) is 13.4 Å². The summed E-state index contributed by atoms with van der Waals surface area (Å²) in [6.07, 6.45) is 1.56. The van der Waals surface area contributed by atoms with Crippen molar-refractivity contribution in [1.29, 1.82) is 0 Å². The Bertz CT molecular complexity index is 833. The van der Waals surface area contributed by atoms with Gasteiger partial charge in [0.25, 0.3) is 0 Å². The van der Waals surface area contributed by atoms with Crippen molar-refractivity contribution in [2.75, 3.05) is 0 Å². The predicted octanol–water partition coefficient (Wildman–Crippen LogP) is 3.31. The van der Waals surface area contributed by atoms with Gasteiger partial charge in [-0.25, -0.2) is 8.42 Å². The van der Waals surface area contributed by atoms with Gasteiger partial charge in [-0.2, -0.15) is 0 Å². The summed E-state index contributed by atoms with van der Waals surface area (Å²) in [5.74, 6) is 0. The number of hydrogen-bond acceptors (Lipinski definition) is 2. The van der Waals surface area contributed by atoms with Crippen molar-refractivity contribution in [2.24, 2.45) is 0 Å². The minimum Gasteiger partial charge on any atom is -0.360 e. The number of H-pyrrole nitrogens is 1. The molecule has 4 heteroatoms. The number of aromatic nitrogens is 1. The molecule has 0 bridgehead atoms. The quantitative estimate of drug-likeness (QED) is 0.777. The molecule has 3 aromatic rings. The van der Waals surface area contributed by atoms with Crippen LogP contribution in [0.25, 0.3) is 10.9 Å². The maximum absolute atomic E-state index is 12.6. The topological polar surface area (TPSA) is 49.9 Å². The number of hydrogen-bond donors (Lipinski definition) is 1. The van der Waals surface area contributed by atoms with E-state index in [1.165, 1.54) is 0 Å². The molecule has 2 aromatic carbocycles. The van der Waals surface area contributed by atoms with E-state index in [4.69, 9.17) is 0 Å². The molecular formula is C15H13NO2S. The molecule has 19 heavy (non-hydrogen) atoms. The van der Waals surface area contributed by atoms with Gasteiger partial charge < -0.3 is 4.98 Å². The molecule has 0 aliphatic heterocycles. The molecule has 0 aliphatic rings. The zero-order chi connectivity index (χ0) is 13.5. The summed E-state index contributed by atoms with van der Waals surface area (Å²) in [5.41, 5.74) is 1.87. The highest BCUT2D eigenvalue weighted by molar-refractivity contribution is 7.91. The van der Waals surface area contributed by atoms with Crippen LogP contribution in [0.5, 0.6) is 0 Å². The molecule has 3 nitrogen and oxygen atoms in total. The molecule has 0 spiro atoms. The van der Waals surface area contributed by atoms with Crippen LogP contribution in [0.15, 0.2) is 64.5 Å². The molecule has 1 heterocycles. The number of fused-ring (bicyclic) bond motifs is 1. The van der Waals surface area contributed by atoms with Crippen LogP contribution in [0.3, 0.4) is 0 Å². The SMILES string of the molecule is Cc1ccc2[nH]cc(S(=O)(=O)c3ccccc3)c2c1. The van der Waals surface area contributed by atoms with Gasteiger partial charge in [0.1, 0.15) is 0 Å². The summed E-state index contributed by atoms with van der Waals surface area (Å²) in [6, 6.07) is 14.2. The molecule has 0 radical (unpaired) electrons. The second-order valence-corrected chi connectivity index (χ2v) is 6.44. The van der Waals surface area contributed by atoms with Crippen LogP contribution < -0.4 is 0 Å². The summed E-state index contributed by atoms with van der Waals surface area (Å²) in [7, 11) is -3.47. The van der Waals surface area contributed by atoms with Crippen LogP contribution in [-0.2, 0) is 9.84 Å². The van der Waals surface area contributed by atoms with Gasteiger partial charge in [0, 0.05) is 17.1 Å². The number of rotatable bonds is 2. The first-order chi connectivity index (χ1) is 9.09. The van der Waals surface area contributed by atoms with Crippen molar-refractivity contribution in [2.45, 2.75) is 16.7 Å². The van der Waals surface area contributed by atoms with Crippen LogP contribution in [0, 0.1) is 6.92 Å². The lowest BCUT2D eigenvalue weighted by molar-refractivity contribution is 0.597.